The van der Waals surface area contributed by atoms with Crippen molar-refractivity contribution in [3.8, 4) is 5.75 Å². The first-order valence-electron chi connectivity index (χ1n) is 7.48. The van der Waals surface area contributed by atoms with E-state index in [4.69, 9.17) is 9.47 Å². The Morgan fingerprint density at radius 1 is 1.40 bits per heavy atom. The Kier molecular flexibility index (Phi) is 5.45. The zero-order chi connectivity index (χ0) is 19.0. The van der Waals surface area contributed by atoms with E-state index in [9.17, 15) is 26.4 Å². The first-order chi connectivity index (χ1) is 11.5. The molecule has 0 bridgehead atoms. The fraction of sp³-hybridized carbons (Fsp3) is 0.533. The van der Waals surface area contributed by atoms with Gasteiger partial charge in [0.2, 0.25) is 10.0 Å². The first kappa shape index (κ1) is 19.7. The van der Waals surface area contributed by atoms with Crippen molar-refractivity contribution >= 4 is 16.0 Å². The van der Waals surface area contributed by atoms with Gasteiger partial charge in [0, 0.05) is 20.5 Å². The van der Waals surface area contributed by atoms with E-state index in [1.807, 2.05) is 0 Å². The number of nitrogens with zero attached hydrogens (tertiary/aromatic N) is 1. The zero-order valence-corrected chi connectivity index (χ0v) is 14.7. The van der Waals surface area contributed by atoms with Crippen LogP contribution in [0.1, 0.15) is 25.0 Å². The highest BCUT2D eigenvalue weighted by Gasteiger charge is 2.39. The van der Waals surface area contributed by atoms with Gasteiger partial charge in [-0.2, -0.15) is 17.5 Å². The molecule has 0 saturated carbocycles. The number of epoxide rings is 1. The molecule has 0 aromatic heterocycles. The number of carbonyl (C=O) groups excluding carboxylic acids is 1. The maximum absolute atomic E-state index is 13.3. The van der Waals surface area contributed by atoms with Crippen molar-refractivity contribution in [2.45, 2.75) is 37.4 Å². The van der Waals surface area contributed by atoms with Crippen LogP contribution in [0.3, 0.4) is 0 Å². The average molecular weight is 381 g/mol. The standard InChI is InChI=1S/C15H18F3NO5S/c1-4-11-12(15(16,17)18)5-6-13(24-9(2)20)14(11)25(21,22)19(3)7-10-8-23-10/h5-6,10H,4,7-8H2,1-3H3. The number of sulfonamides is 1. The van der Waals surface area contributed by atoms with Gasteiger partial charge in [0.1, 0.15) is 4.90 Å². The molecule has 1 heterocycles. The third-order valence-electron chi connectivity index (χ3n) is 3.67. The zero-order valence-electron chi connectivity index (χ0n) is 13.9. The minimum absolute atomic E-state index is 0.00123. The summed E-state index contributed by atoms with van der Waals surface area (Å²) in [5.74, 6) is -1.24. The summed E-state index contributed by atoms with van der Waals surface area (Å²) < 4.78 is 76.3. The molecule has 0 radical (unpaired) electrons. The third kappa shape index (κ3) is 4.31. The highest BCUT2D eigenvalue weighted by atomic mass is 32.2. The Balaban J connectivity index is 2.67. The number of benzene rings is 1. The summed E-state index contributed by atoms with van der Waals surface area (Å²) in [6.45, 7) is 2.84. The van der Waals surface area contributed by atoms with Crippen LogP contribution in [-0.4, -0.2) is 45.0 Å². The number of hydrogen-bond acceptors (Lipinski definition) is 5. The maximum Gasteiger partial charge on any atom is 0.416 e. The van der Waals surface area contributed by atoms with Crippen molar-refractivity contribution in [2.75, 3.05) is 20.2 Å². The van der Waals surface area contributed by atoms with Gasteiger partial charge < -0.3 is 9.47 Å². The molecule has 25 heavy (non-hydrogen) atoms. The van der Waals surface area contributed by atoms with Gasteiger partial charge >= 0.3 is 12.1 Å². The lowest BCUT2D eigenvalue weighted by atomic mass is 10.0. The van der Waals surface area contributed by atoms with E-state index in [0.717, 1.165) is 23.4 Å². The van der Waals surface area contributed by atoms with Crippen molar-refractivity contribution in [3.63, 3.8) is 0 Å². The second kappa shape index (κ2) is 6.93. The lowest BCUT2D eigenvalue weighted by Gasteiger charge is -2.23. The highest BCUT2D eigenvalue weighted by Crippen LogP contribution is 2.40. The van der Waals surface area contributed by atoms with Crippen LogP contribution in [0.2, 0.25) is 0 Å². The van der Waals surface area contributed by atoms with Crippen molar-refractivity contribution in [2.24, 2.45) is 0 Å². The number of carbonyl (C=O) groups is 1. The summed E-state index contributed by atoms with van der Waals surface area (Å²) in [4.78, 5) is 10.6. The van der Waals surface area contributed by atoms with Crippen LogP contribution < -0.4 is 4.74 Å². The fourth-order valence-electron chi connectivity index (χ4n) is 2.46. The maximum atomic E-state index is 13.3. The molecule has 6 nitrogen and oxygen atoms in total. The quantitative estimate of drug-likeness (QED) is 0.429. The summed E-state index contributed by atoms with van der Waals surface area (Å²) in [5.41, 5.74) is -1.50. The second-order valence-electron chi connectivity index (χ2n) is 5.60. The summed E-state index contributed by atoms with van der Waals surface area (Å²) in [6, 6.07) is 1.58. The monoisotopic (exact) mass is 381 g/mol. The molecule has 1 unspecified atom stereocenters. The van der Waals surface area contributed by atoms with Gasteiger partial charge in [-0.1, -0.05) is 6.92 Å². The van der Waals surface area contributed by atoms with Crippen molar-refractivity contribution < 1.29 is 35.9 Å². The Hall–Kier alpha value is -1.65. The number of hydrogen-bond donors (Lipinski definition) is 0. The van der Waals surface area contributed by atoms with Crippen LogP contribution in [0, 0.1) is 0 Å². The van der Waals surface area contributed by atoms with Gasteiger partial charge in [-0.15, -0.1) is 0 Å². The molecule has 1 aliphatic rings. The van der Waals surface area contributed by atoms with E-state index < -0.39 is 43.9 Å². The normalized spacial score (nSPS) is 17.6. The van der Waals surface area contributed by atoms with Crippen molar-refractivity contribution in [1.29, 1.82) is 0 Å². The molecule has 140 valence electrons. The molecule has 1 saturated heterocycles. The van der Waals surface area contributed by atoms with Crippen molar-refractivity contribution in [3.05, 3.63) is 23.3 Å². The molecule has 0 N–H and O–H groups in total. The molecule has 2 rings (SSSR count). The van der Waals surface area contributed by atoms with E-state index in [1.165, 1.54) is 14.0 Å². The van der Waals surface area contributed by atoms with Gasteiger partial charge in [-0.25, -0.2) is 8.42 Å². The molecule has 1 aliphatic heterocycles. The SMILES string of the molecule is CCc1c(C(F)(F)F)ccc(OC(C)=O)c1S(=O)(=O)N(C)CC1CO1. The smallest absolute Gasteiger partial charge is 0.416 e. The average Bonchev–Trinajstić information content (AvgIpc) is 3.28. The summed E-state index contributed by atoms with van der Waals surface area (Å²) in [6.07, 6.45) is -5.22. The van der Waals surface area contributed by atoms with Crippen LogP contribution in [0.25, 0.3) is 0 Å². The summed E-state index contributed by atoms with van der Waals surface area (Å²) in [5, 5.41) is 0. The Morgan fingerprint density at radius 3 is 2.44 bits per heavy atom. The topological polar surface area (TPSA) is 76.2 Å². The number of esters is 1. The predicted molar refractivity (Wildman–Crippen MR) is 81.7 cm³/mol. The second-order valence-corrected chi connectivity index (χ2v) is 7.59. The van der Waals surface area contributed by atoms with E-state index in [0.29, 0.717) is 6.61 Å². The van der Waals surface area contributed by atoms with E-state index >= 15 is 0 Å². The molecular weight excluding hydrogens is 363 g/mol. The van der Waals surface area contributed by atoms with Gasteiger partial charge in [0.15, 0.2) is 5.75 Å². The summed E-state index contributed by atoms with van der Waals surface area (Å²) >= 11 is 0. The number of halogens is 3. The van der Waals surface area contributed by atoms with Crippen LogP contribution in [-0.2, 0) is 32.2 Å². The van der Waals surface area contributed by atoms with Gasteiger partial charge in [0.25, 0.3) is 0 Å². The van der Waals surface area contributed by atoms with E-state index in [-0.39, 0.29) is 19.1 Å². The Labute approximate surface area is 143 Å². The minimum Gasteiger partial charge on any atom is -0.425 e. The molecule has 0 amide bonds. The minimum atomic E-state index is -4.73. The van der Waals surface area contributed by atoms with Crippen LogP contribution >= 0.6 is 0 Å². The molecule has 1 aromatic rings. The summed E-state index contributed by atoms with van der Waals surface area (Å²) in [7, 11) is -3.08. The molecule has 1 aromatic carbocycles. The lowest BCUT2D eigenvalue weighted by molar-refractivity contribution is -0.138. The molecule has 1 atom stereocenters. The van der Waals surface area contributed by atoms with Gasteiger partial charge in [0.05, 0.1) is 18.3 Å². The molecule has 0 aliphatic carbocycles. The molecule has 1 fully saturated rings. The fourth-order valence-corrected chi connectivity index (χ4v) is 4.06. The van der Waals surface area contributed by atoms with Crippen molar-refractivity contribution in [1.82, 2.24) is 4.31 Å². The van der Waals surface area contributed by atoms with E-state index in [1.54, 1.807) is 0 Å². The Morgan fingerprint density at radius 2 is 2.00 bits per heavy atom. The first-order valence-corrected chi connectivity index (χ1v) is 8.92. The van der Waals surface area contributed by atoms with Crippen LogP contribution in [0.4, 0.5) is 13.2 Å². The molecule has 0 spiro atoms. The van der Waals surface area contributed by atoms with E-state index in [2.05, 4.69) is 0 Å². The molecular formula is C15H18F3NO5S. The highest BCUT2D eigenvalue weighted by molar-refractivity contribution is 7.89. The lowest BCUT2D eigenvalue weighted by Crippen LogP contribution is -2.32. The molecule has 10 heteroatoms. The number of ether oxygens (including phenoxy) is 2. The Bertz CT molecular complexity index is 772. The van der Waals surface area contributed by atoms with Crippen LogP contribution in [0.15, 0.2) is 17.0 Å². The number of alkyl halides is 3. The number of rotatable bonds is 6. The van der Waals surface area contributed by atoms with Gasteiger partial charge in [-0.3, -0.25) is 4.79 Å². The van der Waals surface area contributed by atoms with Crippen LogP contribution in [0.5, 0.6) is 5.75 Å². The predicted octanol–water partition coefficient (Wildman–Crippen LogP) is 2.21. The third-order valence-corrected chi connectivity index (χ3v) is 5.60. The van der Waals surface area contributed by atoms with Gasteiger partial charge in [-0.05, 0) is 24.1 Å². The number of likely N-dealkylation sites (N-methyl/N-ethyl adjacent to an activating group) is 1. The largest absolute Gasteiger partial charge is 0.425 e.